The molecule has 0 aromatic carbocycles. The first-order chi connectivity index (χ1) is 5.61. The summed E-state index contributed by atoms with van der Waals surface area (Å²) in [7, 11) is 0. The van der Waals surface area contributed by atoms with Gasteiger partial charge in [-0.3, -0.25) is 0 Å². The predicted molar refractivity (Wildman–Crippen MR) is 57.6 cm³/mol. The molecule has 12 heavy (non-hydrogen) atoms. The van der Waals surface area contributed by atoms with Gasteiger partial charge >= 0.3 is 0 Å². The monoisotopic (exact) mass is 184 g/mol. The Labute approximate surface area is 80.6 Å². The molecule has 0 spiro atoms. The van der Waals surface area contributed by atoms with Gasteiger partial charge in [0.2, 0.25) is 0 Å². The molecule has 0 aliphatic rings. The Balaban J connectivity index is 4.15. The van der Waals surface area contributed by atoms with Gasteiger partial charge < -0.3 is 0 Å². The van der Waals surface area contributed by atoms with E-state index in [0.29, 0.717) is 11.8 Å². The summed E-state index contributed by atoms with van der Waals surface area (Å²) in [6.07, 6.45) is 6.06. The van der Waals surface area contributed by atoms with Gasteiger partial charge in [-0.1, -0.05) is 44.2 Å². The van der Waals surface area contributed by atoms with Crippen LogP contribution in [0.5, 0.6) is 0 Å². The van der Waals surface area contributed by atoms with E-state index in [1.54, 1.807) is 0 Å². The molecule has 0 aliphatic heterocycles. The van der Waals surface area contributed by atoms with Crippen molar-refractivity contribution in [1.29, 1.82) is 0 Å². The van der Waals surface area contributed by atoms with Crippen molar-refractivity contribution < 1.29 is 0 Å². The number of hydrogen-bond acceptors (Lipinski definition) is 0. The highest BCUT2D eigenvalue weighted by molar-refractivity contribution is 6.19. The fraction of sp³-hybridized carbons (Fsp3) is 0.455. The third-order valence-corrected chi connectivity index (χ3v) is 2.09. The van der Waals surface area contributed by atoms with Gasteiger partial charge in [0.05, 0.1) is 0 Å². The van der Waals surface area contributed by atoms with E-state index in [-0.39, 0.29) is 0 Å². The molecule has 0 heterocycles. The molecule has 0 unspecified atom stereocenters. The second-order valence-electron chi connectivity index (χ2n) is 3.06. The lowest BCUT2D eigenvalue weighted by atomic mass is 10.0. The minimum absolute atomic E-state index is 0.509. The molecule has 0 fully saturated rings. The highest BCUT2D eigenvalue weighted by Crippen LogP contribution is 2.10. The quantitative estimate of drug-likeness (QED) is 0.459. The fourth-order valence-corrected chi connectivity index (χ4v) is 0.868. The molecule has 0 N–H and O–H groups in total. The molecule has 0 aliphatic carbocycles. The summed E-state index contributed by atoms with van der Waals surface area (Å²) in [4.78, 5) is 0. The van der Waals surface area contributed by atoms with E-state index < -0.39 is 0 Å². The molecule has 0 bridgehead atoms. The second-order valence-corrected chi connectivity index (χ2v) is 3.33. The Morgan fingerprint density at radius 2 is 2.00 bits per heavy atom. The van der Waals surface area contributed by atoms with E-state index in [4.69, 9.17) is 11.6 Å². The minimum atomic E-state index is 0.509. The van der Waals surface area contributed by atoms with Crippen LogP contribution >= 0.6 is 11.6 Å². The number of allylic oxidation sites excluding steroid dienone is 5. The fourth-order valence-electron chi connectivity index (χ4n) is 0.624. The van der Waals surface area contributed by atoms with Gasteiger partial charge in [-0.05, 0) is 18.4 Å². The number of alkyl halides is 1. The predicted octanol–water partition coefficient (Wildman–Crippen LogP) is 3.94. The van der Waals surface area contributed by atoms with Crippen molar-refractivity contribution in [3.8, 4) is 0 Å². The zero-order chi connectivity index (χ0) is 9.56. The number of hydrogen-bond donors (Lipinski definition) is 0. The van der Waals surface area contributed by atoms with Crippen molar-refractivity contribution in [2.24, 2.45) is 5.92 Å². The second kappa shape index (κ2) is 6.07. The van der Waals surface area contributed by atoms with E-state index in [1.165, 1.54) is 0 Å². The Morgan fingerprint density at radius 3 is 2.33 bits per heavy atom. The highest BCUT2D eigenvalue weighted by atomic mass is 35.5. The van der Waals surface area contributed by atoms with Crippen LogP contribution in [0.15, 0.2) is 36.0 Å². The zero-order valence-corrected chi connectivity index (χ0v) is 8.86. The summed E-state index contributed by atoms with van der Waals surface area (Å²) in [5.74, 6) is 1.08. The Kier molecular flexibility index (Phi) is 5.83. The van der Waals surface area contributed by atoms with Gasteiger partial charge in [0.1, 0.15) is 0 Å². The average molecular weight is 185 g/mol. The zero-order valence-electron chi connectivity index (χ0n) is 8.10. The smallest absolute Gasteiger partial charge is 0.0470 e. The molecule has 0 saturated heterocycles. The summed E-state index contributed by atoms with van der Waals surface area (Å²) < 4.78 is 0. The van der Waals surface area contributed by atoms with E-state index in [2.05, 4.69) is 20.4 Å². The largest absolute Gasteiger partial charge is 0.122 e. The maximum atomic E-state index is 5.68. The molecule has 0 saturated carbocycles. The first-order valence-corrected chi connectivity index (χ1v) is 4.73. The van der Waals surface area contributed by atoms with Gasteiger partial charge in [-0.2, -0.15) is 0 Å². The van der Waals surface area contributed by atoms with E-state index >= 15 is 0 Å². The Morgan fingerprint density at radius 1 is 1.42 bits per heavy atom. The Bertz CT molecular complexity index is 197. The van der Waals surface area contributed by atoms with Crippen LogP contribution in [0.25, 0.3) is 0 Å². The average Bonchev–Trinajstić information content (AvgIpc) is 2.05. The lowest BCUT2D eigenvalue weighted by molar-refractivity contribution is 0.795. The van der Waals surface area contributed by atoms with Crippen LogP contribution in [0.2, 0.25) is 0 Å². The van der Waals surface area contributed by atoms with Crippen LogP contribution in [0, 0.1) is 5.92 Å². The highest BCUT2D eigenvalue weighted by Gasteiger charge is 1.94. The third kappa shape index (κ3) is 4.40. The minimum Gasteiger partial charge on any atom is -0.122 e. The standard InChI is InChI=1S/C11H17Cl/c1-5-11(8-12)7-6-10(4)9(2)3/h5-7,9H,4,8H2,1-3H3/b7-6-,11-5+. The van der Waals surface area contributed by atoms with Gasteiger partial charge in [0.15, 0.2) is 0 Å². The van der Waals surface area contributed by atoms with Crippen molar-refractivity contribution in [3.05, 3.63) is 36.0 Å². The first-order valence-electron chi connectivity index (χ1n) is 4.19. The van der Waals surface area contributed by atoms with Gasteiger partial charge in [0.25, 0.3) is 0 Å². The maximum Gasteiger partial charge on any atom is 0.0470 e. The van der Waals surface area contributed by atoms with Crippen LogP contribution in [0.1, 0.15) is 20.8 Å². The normalized spacial score (nSPS) is 12.9. The number of halogens is 1. The van der Waals surface area contributed by atoms with Gasteiger partial charge in [-0.25, -0.2) is 0 Å². The lowest BCUT2D eigenvalue weighted by Gasteiger charge is -2.02. The lowest BCUT2D eigenvalue weighted by Crippen LogP contribution is -1.88. The van der Waals surface area contributed by atoms with E-state index in [9.17, 15) is 0 Å². The molecule has 0 radical (unpaired) electrons. The SMILES string of the molecule is C=C(/C=C\C(=C/C)CCl)C(C)C. The molecule has 0 rings (SSSR count). The molecule has 0 amide bonds. The van der Waals surface area contributed by atoms with E-state index in [1.807, 2.05) is 25.2 Å². The van der Waals surface area contributed by atoms with Crippen molar-refractivity contribution in [2.45, 2.75) is 20.8 Å². The summed E-state index contributed by atoms with van der Waals surface area (Å²) >= 11 is 5.68. The molecule has 0 aromatic rings. The van der Waals surface area contributed by atoms with Crippen LogP contribution in [0.3, 0.4) is 0 Å². The number of rotatable bonds is 4. The molecule has 1 heteroatoms. The van der Waals surface area contributed by atoms with Crippen LogP contribution < -0.4 is 0 Å². The van der Waals surface area contributed by atoms with Crippen molar-refractivity contribution in [3.63, 3.8) is 0 Å². The molecular weight excluding hydrogens is 168 g/mol. The van der Waals surface area contributed by atoms with Crippen molar-refractivity contribution in [1.82, 2.24) is 0 Å². The third-order valence-electron chi connectivity index (χ3n) is 1.78. The van der Waals surface area contributed by atoms with Crippen LogP contribution in [-0.2, 0) is 0 Å². The van der Waals surface area contributed by atoms with E-state index in [0.717, 1.165) is 11.1 Å². The van der Waals surface area contributed by atoms with Gasteiger partial charge in [-0.15, -0.1) is 11.6 Å². The Hall–Kier alpha value is -0.490. The molecular formula is C11H17Cl. The maximum absolute atomic E-state index is 5.68. The van der Waals surface area contributed by atoms with Crippen LogP contribution in [0.4, 0.5) is 0 Å². The van der Waals surface area contributed by atoms with Crippen molar-refractivity contribution >= 4 is 11.6 Å². The molecule has 0 atom stereocenters. The topological polar surface area (TPSA) is 0 Å². The first kappa shape index (κ1) is 11.5. The summed E-state index contributed by atoms with van der Waals surface area (Å²) in [5, 5.41) is 0. The molecule has 0 aromatic heterocycles. The summed E-state index contributed by atoms with van der Waals surface area (Å²) in [6, 6.07) is 0. The van der Waals surface area contributed by atoms with Crippen LogP contribution in [-0.4, -0.2) is 5.88 Å². The van der Waals surface area contributed by atoms with Gasteiger partial charge in [0, 0.05) is 5.88 Å². The summed E-state index contributed by atoms with van der Waals surface area (Å²) in [5.41, 5.74) is 2.28. The molecule has 0 nitrogen and oxygen atoms in total. The summed E-state index contributed by atoms with van der Waals surface area (Å²) in [6.45, 7) is 10.2. The van der Waals surface area contributed by atoms with Crippen molar-refractivity contribution in [2.75, 3.05) is 5.88 Å². The molecule has 68 valence electrons.